The summed E-state index contributed by atoms with van der Waals surface area (Å²) in [5.74, 6) is 0. The van der Waals surface area contributed by atoms with E-state index in [1.54, 1.807) is 0 Å². The Kier molecular flexibility index (Phi) is 5.51. The first kappa shape index (κ1) is 17.1. The Morgan fingerprint density at radius 3 is 2.11 bits per heavy atom. The van der Waals surface area contributed by atoms with Gasteiger partial charge in [0.1, 0.15) is 14.9 Å². The molecule has 0 heterocycles. The van der Waals surface area contributed by atoms with Crippen LogP contribution in [0.15, 0.2) is 29.2 Å². The summed E-state index contributed by atoms with van der Waals surface area (Å²) >= 11 is 0. The van der Waals surface area contributed by atoms with Crippen LogP contribution in [0.25, 0.3) is 4.13 Å². The molecule has 0 bridgehead atoms. The van der Waals surface area contributed by atoms with Crippen molar-refractivity contribution < 1.29 is 40.6 Å². The fraction of sp³-hybridized carbons (Fsp3) is 0.143. The predicted molar refractivity (Wildman–Crippen MR) is 58.5 cm³/mol. The largest absolute Gasteiger partial charge is 1.00 e. The molecular formula is C7H7LiN2O6S2. The molecule has 1 aromatic rings. The number of nitro groups is 1. The second-order valence-corrected chi connectivity index (χ2v) is 6.46. The van der Waals surface area contributed by atoms with Gasteiger partial charge in [0.15, 0.2) is 0 Å². The maximum absolute atomic E-state index is 11.5. The minimum absolute atomic E-state index is 0. The summed E-state index contributed by atoms with van der Waals surface area (Å²) in [6, 6.07) is 4.36. The number of rotatable bonds is 4. The zero-order valence-electron chi connectivity index (χ0n) is 9.47. The summed E-state index contributed by atoms with van der Waals surface area (Å²) in [7, 11) is -8.76. The molecule has 0 atom stereocenters. The summed E-state index contributed by atoms with van der Waals surface area (Å²) in [5, 5.41) is 10.6. The molecule has 0 aliphatic rings. The topological polar surface area (TPSA) is 126 Å². The van der Waals surface area contributed by atoms with Crippen LogP contribution in [0.1, 0.15) is 0 Å². The fourth-order valence-electron chi connectivity index (χ4n) is 1.04. The fourth-order valence-corrected chi connectivity index (χ4v) is 3.45. The van der Waals surface area contributed by atoms with Gasteiger partial charge in [-0.1, -0.05) is 12.1 Å². The maximum atomic E-state index is 11.5. The number of hydrogen-bond acceptors (Lipinski definition) is 6. The van der Waals surface area contributed by atoms with Gasteiger partial charge in [0.05, 0.1) is 14.9 Å². The number of para-hydroxylation sites is 1. The molecule has 0 saturated carbocycles. The quantitative estimate of drug-likeness (QED) is 0.345. The smallest absolute Gasteiger partial charge is 0.432 e. The molecule has 0 radical (unpaired) electrons. The van der Waals surface area contributed by atoms with Gasteiger partial charge in [0, 0.05) is 12.3 Å². The minimum atomic E-state index is -4.60. The molecule has 0 aliphatic heterocycles. The normalized spacial score (nSPS) is 11.6. The van der Waals surface area contributed by atoms with Crippen LogP contribution in [0.5, 0.6) is 0 Å². The standard InChI is InChI=1S/C7H7N2O6S2.Li/c1-16(12,13)8-17(14,15)7-5-3-2-4-6(7)9(10)11;/h2-5H,1H3;/q-1;+1. The van der Waals surface area contributed by atoms with E-state index in [0.717, 1.165) is 12.1 Å². The molecule has 1 rings (SSSR count). The molecule has 0 fully saturated rings. The van der Waals surface area contributed by atoms with Crippen molar-refractivity contribution >= 4 is 25.7 Å². The SMILES string of the molecule is CS(=O)(=O)[N-]S(=O)(=O)c1ccccc1[N+](=O)[O-].[Li+]. The van der Waals surface area contributed by atoms with E-state index < -0.39 is 35.6 Å². The Balaban J connectivity index is 0.00000289. The van der Waals surface area contributed by atoms with E-state index >= 15 is 0 Å². The number of sulfonamides is 2. The number of hydrogen-bond donors (Lipinski definition) is 0. The molecule has 0 aliphatic carbocycles. The van der Waals surface area contributed by atoms with Crippen molar-refractivity contribution in [3.8, 4) is 0 Å². The zero-order chi connectivity index (χ0) is 13.3. The van der Waals surface area contributed by atoms with Crippen molar-refractivity contribution in [1.29, 1.82) is 0 Å². The molecule has 1 aromatic carbocycles. The summed E-state index contributed by atoms with van der Waals surface area (Å²) in [4.78, 5) is 8.90. The van der Waals surface area contributed by atoms with Crippen molar-refractivity contribution in [3.63, 3.8) is 0 Å². The average molecular weight is 286 g/mol. The van der Waals surface area contributed by atoms with Gasteiger partial charge in [-0.3, -0.25) is 10.1 Å². The molecule has 11 heteroatoms. The zero-order valence-corrected chi connectivity index (χ0v) is 11.1. The van der Waals surface area contributed by atoms with Crippen LogP contribution in [0.4, 0.5) is 5.69 Å². The molecule has 0 aromatic heterocycles. The second-order valence-electron chi connectivity index (χ2n) is 3.01. The molecule has 0 amide bonds. The van der Waals surface area contributed by atoms with Gasteiger partial charge in [-0.15, -0.1) is 0 Å². The van der Waals surface area contributed by atoms with E-state index in [-0.39, 0.29) is 18.9 Å². The van der Waals surface area contributed by atoms with E-state index in [1.165, 1.54) is 12.1 Å². The van der Waals surface area contributed by atoms with Gasteiger partial charge < -0.3 is 4.13 Å². The first-order valence-electron chi connectivity index (χ1n) is 4.06. The van der Waals surface area contributed by atoms with Crippen LogP contribution in [0.3, 0.4) is 0 Å². The van der Waals surface area contributed by atoms with Crippen molar-refractivity contribution in [3.05, 3.63) is 38.5 Å². The first-order chi connectivity index (χ1) is 7.63. The Hall–Kier alpha value is -0.923. The van der Waals surface area contributed by atoms with Crippen LogP contribution >= 0.6 is 0 Å². The Morgan fingerprint density at radius 2 is 1.67 bits per heavy atom. The predicted octanol–water partition coefficient (Wildman–Crippen LogP) is -2.38. The van der Waals surface area contributed by atoms with Gasteiger partial charge in [0.2, 0.25) is 0 Å². The van der Waals surface area contributed by atoms with Crippen LogP contribution in [-0.4, -0.2) is 28.0 Å². The third-order valence-corrected chi connectivity index (χ3v) is 4.34. The third-order valence-electron chi connectivity index (χ3n) is 1.57. The van der Waals surface area contributed by atoms with Crippen molar-refractivity contribution in [2.45, 2.75) is 4.90 Å². The summed E-state index contributed by atoms with van der Waals surface area (Å²) in [5.41, 5.74) is -0.722. The van der Waals surface area contributed by atoms with E-state index in [2.05, 4.69) is 4.13 Å². The molecule has 0 spiro atoms. The van der Waals surface area contributed by atoms with Crippen molar-refractivity contribution in [1.82, 2.24) is 0 Å². The first-order valence-corrected chi connectivity index (χ1v) is 7.35. The van der Waals surface area contributed by atoms with Crippen molar-refractivity contribution in [2.75, 3.05) is 6.26 Å². The van der Waals surface area contributed by atoms with Crippen LogP contribution in [0.2, 0.25) is 0 Å². The monoisotopic (exact) mass is 286 g/mol. The van der Waals surface area contributed by atoms with Gasteiger partial charge in [0.25, 0.3) is 5.69 Å². The molecular weight excluding hydrogens is 279 g/mol. The van der Waals surface area contributed by atoms with E-state index in [0.29, 0.717) is 6.26 Å². The molecule has 0 saturated heterocycles. The second kappa shape index (κ2) is 5.81. The van der Waals surface area contributed by atoms with Gasteiger partial charge in [-0.25, -0.2) is 16.8 Å². The van der Waals surface area contributed by atoms with E-state index in [1.807, 2.05) is 0 Å². The van der Waals surface area contributed by atoms with E-state index in [4.69, 9.17) is 0 Å². The minimum Gasteiger partial charge on any atom is -0.432 e. The van der Waals surface area contributed by atoms with Gasteiger partial charge in [-0.05, 0) is 6.07 Å². The Labute approximate surface area is 116 Å². The molecule has 8 nitrogen and oxygen atoms in total. The molecule has 18 heavy (non-hydrogen) atoms. The molecule has 0 N–H and O–H groups in total. The number of nitrogens with zero attached hydrogens (tertiary/aromatic N) is 2. The summed E-state index contributed by atoms with van der Waals surface area (Å²) < 4.78 is 47.2. The summed E-state index contributed by atoms with van der Waals surface area (Å²) in [6.07, 6.45) is 0.583. The van der Waals surface area contributed by atoms with Crippen molar-refractivity contribution in [2.24, 2.45) is 0 Å². The van der Waals surface area contributed by atoms with Gasteiger partial charge in [-0.2, -0.15) is 0 Å². The molecule has 94 valence electrons. The average Bonchev–Trinajstić information content (AvgIpc) is 2.14. The van der Waals surface area contributed by atoms with E-state index in [9.17, 15) is 26.9 Å². The maximum Gasteiger partial charge on any atom is 1.00 e. The third kappa shape index (κ3) is 4.39. The number of nitro benzene ring substituents is 1. The van der Waals surface area contributed by atoms with Crippen LogP contribution in [0, 0.1) is 10.1 Å². The summed E-state index contributed by atoms with van der Waals surface area (Å²) in [6.45, 7) is 0. The van der Waals surface area contributed by atoms with Gasteiger partial charge >= 0.3 is 18.9 Å². The Bertz CT molecular complexity index is 654. The Morgan fingerprint density at radius 1 is 1.17 bits per heavy atom. The van der Waals surface area contributed by atoms with Crippen LogP contribution < -0.4 is 18.9 Å². The van der Waals surface area contributed by atoms with Crippen LogP contribution in [-0.2, 0) is 20.0 Å². The molecule has 0 unspecified atom stereocenters. The number of benzene rings is 1.